The van der Waals surface area contributed by atoms with E-state index in [1.54, 1.807) is 24.3 Å². The van der Waals surface area contributed by atoms with Gasteiger partial charge in [-0.1, -0.05) is 38.7 Å². The number of benzene rings is 1. The second-order valence-electron chi connectivity index (χ2n) is 7.91. The smallest absolute Gasteiger partial charge is 0.308 e. The highest BCUT2D eigenvalue weighted by Gasteiger charge is 2.39. The molecule has 4 atom stereocenters. The number of hydrogen-bond donors (Lipinski definition) is 3. The molecule has 146 valence electrons. The van der Waals surface area contributed by atoms with E-state index in [0.29, 0.717) is 30.0 Å². The molecule has 3 rings (SSSR count). The lowest BCUT2D eigenvalue weighted by Gasteiger charge is -2.27. The topological polar surface area (TPSA) is 95.5 Å². The maximum atomic E-state index is 12.7. The van der Waals surface area contributed by atoms with Crippen LogP contribution in [0.3, 0.4) is 0 Å². The molecule has 4 unspecified atom stereocenters. The van der Waals surface area contributed by atoms with E-state index >= 15 is 0 Å². The summed E-state index contributed by atoms with van der Waals surface area (Å²) in [7, 11) is 0. The van der Waals surface area contributed by atoms with Gasteiger partial charge in [0.15, 0.2) is 0 Å². The lowest BCUT2D eigenvalue weighted by molar-refractivity contribution is -0.143. The number of rotatable bonds is 5. The Morgan fingerprint density at radius 3 is 2.41 bits per heavy atom. The molecular weight excluding hydrogens is 344 g/mol. The number of carboxylic acids is 1. The molecule has 0 aromatic heterocycles. The molecular formula is C21H28N2O4. The molecule has 2 saturated carbocycles. The van der Waals surface area contributed by atoms with Gasteiger partial charge >= 0.3 is 5.97 Å². The van der Waals surface area contributed by atoms with Crippen LogP contribution < -0.4 is 10.6 Å². The largest absolute Gasteiger partial charge is 0.481 e. The van der Waals surface area contributed by atoms with E-state index < -0.39 is 11.9 Å². The van der Waals surface area contributed by atoms with Gasteiger partial charge in [0.2, 0.25) is 5.91 Å². The average molecular weight is 372 g/mol. The number of aliphatic carboxylic acids is 1. The number of carbonyl (C=O) groups excluding carboxylic acids is 2. The molecule has 2 aliphatic carbocycles. The fourth-order valence-corrected chi connectivity index (χ4v) is 3.87. The highest BCUT2D eigenvalue weighted by molar-refractivity contribution is 5.98. The van der Waals surface area contributed by atoms with Gasteiger partial charge in [-0.2, -0.15) is 0 Å². The summed E-state index contributed by atoms with van der Waals surface area (Å²) < 4.78 is 0. The number of amides is 2. The van der Waals surface area contributed by atoms with Crippen molar-refractivity contribution in [1.82, 2.24) is 5.32 Å². The first-order valence-electron chi connectivity index (χ1n) is 9.90. The Morgan fingerprint density at radius 1 is 1.04 bits per heavy atom. The lowest BCUT2D eigenvalue weighted by Crippen LogP contribution is -2.43. The summed E-state index contributed by atoms with van der Waals surface area (Å²) in [6, 6.07) is 6.47. The first-order valence-corrected chi connectivity index (χ1v) is 9.90. The van der Waals surface area contributed by atoms with Crippen LogP contribution in [0.2, 0.25) is 0 Å². The molecule has 2 amide bonds. The first kappa shape index (κ1) is 19.4. The minimum atomic E-state index is -0.846. The standard InChI is InChI=1S/C21H28N2O4/c1-13-11-17(13)20(25)22-15-8-6-7-14(12-15)19(24)23-18-10-5-3-2-4-9-16(18)21(26)27/h6-8,12-13,16-18H,2-5,9-11H2,1H3,(H,22,25)(H,23,24)(H,26,27). The summed E-state index contributed by atoms with van der Waals surface area (Å²) in [4.78, 5) is 36.4. The molecule has 6 nitrogen and oxygen atoms in total. The van der Waals surface area contributed by atoms with Crippen LogP contribution in [0.15, 0.2) is 24.3 Å². The van der Waals surface area contributed by atoms with Crippen molar-refractivity contribution in [3.63, 3.8) is 0 Å². The van der Waals surface area contributed by atoms with Crippen LogP contribution in [-0.4, -0.2) is 28.9 Å². The van der Waals surface area contributed by atoms with Gasteiger partial charge in [-0.15, -0.1) is 0 Å². The zero-order chi connectivity index (χ0) is 19.4. The van der Waals surface area contributed by atoms with E-state index in [1.165, 1.54) is 0 Å². The molecule has 0 spiro atoms. The number of anilines is 1. The minimum Gasteiger partial charge on any atom is -0.481 e. The van der Waals surface area contributed by atoms with Crippen LogP contribution in [0.4, 0.5) is 5.69 Å². The fourth-order valence-electron chi connectivity index (χ4n) is 3.87. The van der Waals surface area contributed by atoms with E-state index in [0.717, 1.165) is 32.1 Å². The van der Waals surface area contributed by atoms with Gasteiger partial charge < -0.3 is 15.7 Å². The molecule has 3 N–H and O–H groups in total. The van der Waals surface area contributed by atoms with Crippen LogP contribution in [0.5, 0.6) is 0 Å². The molecule has 1 aromatic carbocycles. The minimum absolute atomic E-state index is 0.00832. The van der Waals surface area contributed by atoms with Crippen LogP contribution in [0.25, 0.3) is 0 Å². The Kier molecular flexibility index (Phi) is 6.14. The summed E-state index contributed by atoms with van der Waals surface area (Å²) in [6.07, 6.45) is 6.10. The van der Waals surface area contributed by atoms with Crippen molar-refractivity contribution in [1.29, 1.82) is 0 Å². The van der Waals surface area contributed by atoms with Crippen molar-refractivity contribution in [3.05, 3.63) is 29.8 Å². The third kappa shape index (κ3) is 5.08. The molecule has 1 aromatic rings. The molecule has 6 heteroatoms. The maximum Gasteiger partial charge on any atom is 0.308 e. The van der Waals surface area contributed by atoms with Crippen LogP contribution in [0, 0.1) is 17.8 Å². The molecule has 0 radical (unpaired) electrons. The molecule has 0 bridgehead atoms. The molecule has 2 fully saturated rings. The third-order valence-corrected chi connectivity index (χ3v) is 5.74. The highest BCUT2D eigenvalue weighted by atomic mass is 16.4. The van der Waals surface area contributed by atoms with E-state index in [9.17, 15) is 19.5 Å². The van der Waals surface area contributed by atoms with Gasteiger partial charge in [-0.25, -0.2) is 0 Å². The monoisotopic (exact) mass is 372 g/mol. The summed E-state index contributed by atoms with van der Waals surface area (Å²) in [6.45, 7) is 2.04. The van der Waals surface area contributed by atoms with E-state index in [1.807, 2.05) is 6.92 Å². The second-order valence-corrected chi connectivity index (χ2v) is 7.91. The lowest BCUT2D eigenvalue weighted by atomic mass is 9.86. The molecule has 0 saturated heterocycles. The van der Waals surface area contributed by atoms with Crippen LogP contribution in [-0.2, 0) is 9.59 Å². The highest BCUT2D eigenvalue weighted by Crippen LogP contribution is 2.38. The third-order valence-electron chi connectivity index (χ3n) is 5.74. The number of carbonyl (C=O) groups is 3. The van der Waals surface area contributed by atoms with Crippen molar-refractivity contribution in [2.24, 2.45) is 17.8 Å². The summed E-state index contributed by atoms with van der Waals surface area (Å²) in [5.41, 5.74) is 1.03. The van der Waals surface area contributed by atoms with Gasteiger partial charge in [0.05, 0.1) is 5.92 Å². The van der Waals surface area contributed by atoms with Gasteiger partial charge in [0, 0.05) is 23.2 Å². The van der Waals surface area contributed by atoms with E-state index in [4.69, 9.17) is 0 Å². The first-order chi connectivity index (χ1) is 13.0. The second kappa shape index (κ2) is 8.55. The predicted molar refractivity (Wildman–Crippen MR) is 102 cm³/mol. The Hall–Kier alpha value is -2.37. The summed E-state index contributed by atoms with van der Waals surface area (Å²) in [5.74, 6) is -1.21. The summed E-state index contributed by atoms with van der Waals surface area (Å²) >= 11 is 0. The van der Waals surface area contributed by atoms with Crippen molar-refractivity contribution >= 4 is 23.5 Å². The van der Waals surface area contributed by atoms with Gasteiger partial charge in [0.25, 0.3) is 5.91 Å². The average Bonchev–Trinajstić information content (AvgIpc) is 3.34. The molecule has 2 aliphatic rings. The van der Waals surface area contributed by atoms with Crippen molar-refractivity contribution in [2.45, 2.75) is 57.9 Å². The zero-order valence-electron chi connectivity index (χ0n) is 15.7. The fraction of sp³-hybridized carbons (Fsp3) is 0.571. The van der Waals surface area contributed by atoms with Gasteiger partial charge in [-0.3, -0.25) is 14.4 Å². The Balaban J connectivity index is 1.66. The van der Waals surface area contributed by atoms with E-state index in [-0.39, 0.29) is 23.8 Å². The quantitative estimate of drug-likeness (QED) is 0.738. The molecule has 27 heavy (non-hydrogen) atoms. The molecule has 0 heterocycles. The number of carboxylic acid groups (broad SMARTS) is 1. The summed E-state index contributed by atoms with van der Waals surface area (Å²) in [5, 5.41) is 15.3. The number of nitrogens with one attached hydrogen (secondary N) is 2. The van der Waals surface area contributed by atoms with Gasteiger partial charge in [0.1, 0.15) is 0 Å². The number of hydrogen-bond acceptors (Lipinski definition) is 3. The van der Waals surface area contributed by atoms with Gasteiger partial charge in [-0.05, 0) is 43.4 Å². The van der Waals surface area contributed by atoms with Crippen LogP contribution in [0.1, 0.15) is 62.2 Å². The Morgan fingerprint density at radius 2 is 1.74 bits per heavy atom. The van der Waals surface area contributed by atoms with Crippen molar-refractivity contribution in [3.8, 4) is 0 Å². The zero-order valence-corrected chi connectivity index (χ0v) is 15.7. The van der Waals surface area contributed by atoms with Crippen molar-refractivity contribution < 1.29 is 19.5 Å². The maximum absolute atomic E-state index is 12.7. The Labute approximate surface area is 159 Å². The predicted octanol–water partition coefficient (Wildman–Crippen LogP) is 3.43. The van der Waals surface area contributed by atoms with Crippen LogP contribution >= 0.6 is 0 Å². The van der Waals surface area contributed by atoms with E-state index in [2.05, 4.69) is 10.6 Å². The van der Waals surface area contributed by atoms with Crippen molar-refractivity contribution in [2.75, 3.05) is 5.32 Å². The SMILES string of the molecule is CC1CC1C(=O)Nc1cccc(C(=O)NC2CCCCCCC2C(=O)O)c1. The normalized spacial score (nSPS) is 27.7. The Bertz CT molecular complexity index is 718. The molecule has 0 aliphatic heterocycles.